The number of carbonyl (C=O) groups is 2. The standard InChI is InChI=1S/C20H22N2O3/c1-3-21(12-16-7-5-4-6-8-16)19(23)13-22-14-20(24)25-18-10-9-15(2)11-17(18)22/h4-11H,3,12-14H2,1-2H3. The highest BCUT2D eigenvalue weighted by molar-refractivity contribution is 5.89. The van der Waals surface area contributed by atoms with Gasteiger partial charge in [0.25, 0.3) is 0 Å². The first-order valence-electron chi connectivity index (χ1n) is 8.45. The fourth-order valence-corrected chi connectivity index (χ4v) is 2.94. The van der Waals surface area contributed by atoms with Gasteiger partial charge in [-0.2, -0.15) is 0 Å². The van der Waals surface area contributed by atoms with Crippen LogP contribution in [0.5, 0.6) is 5.75 Å². The average molecular weight is 338 g/mol. The summed E-state index contributed by atoms with van der Waals surface area (Å²) in [5, 5.41) is 0. The van der Waals surface area contributed by atoms with E-state index < -0.39 is 0 Å². The first kappa shape index (κ1) is 17.0. The number of hydrogen-bond acceptors (Lipinski definition) is 4. The molecule has 0 saturated heterocycles. The lowest BCUT2D eigenvalue weighted by Crippen LogP contribution is -2.44. The number of hydrogen-bond donors (Lipinski definition) is 0. The van der Waals surface area contributed by atoms with Crippen LogP contribution in [-0.4, -0.2) is 36.4 Å². The van der Waals surface area contributed by atoms with Crippen LogP contribution in [0.4, 0.5) is 5.69 Å². The second-order valence-corrected chi connectivity index (χ2v) is 6.19. The molecule has 0 N–H and O–H groups in total. The van der Waals surface area contributed by atoms with Crippen molar-refractivity contribution in [3.05, 3.63) is 59.7 Å². The lowest BCUT2D eigenvalue weighted by atomic mass is 10.1. The topological polar surface area (TPSA) is 49.9 Å². The van der Waals surface area contributed by atoms with Crippen LogP contribution in [0, 0.1) is 6.92 Å². The van der Waals surface area contributed by atoms with Gasteiger partial charge in [0.1, 0.15) is 6.54 Å². The van der Waals surface area contributed by atoms with E-state index in [2.05, 4.69) is 0 Å². The number of likely N-dealkylation sites (N-methyl/N-ethyl adjacent to an activating group) is 1. The Labute approximate surface area is 147 Å². The maximum absolute atomic E-state index is 12.8. The summed E-state index contributed by atoms with van der Waals surface area (Å²) < 4.78 is 5.28. The Morgan fingerprint density at radius 1 is 1.20 bits per heavy atom. The Hall–Kier alpha value is -2.82. The van der Waals surface area contributed by atoms with E-state index >= 15 is 0 Å². The monoisotopic (exact) mass is 338 g/mol. The van der Waals surface area contributed by atoms with Crippen molar-refractivity contribution in [1.29, 1.82) is 0 Å². The summed E-state index contributed by atoms with van der Waals surface area (Å²) in [5.41, 5.74) is 2.95. The van der Waals surface area contributed by atoms with Crippen LogP contribution in [0.25, 0.3) is 0 Å². The van der Waals surface area contributed by atoms with Crippen molar-refractivity contribution in [3.8, 4) is 5.75 Å². The van der Waals surface area contributed by atoms with Crippen molar-refractivity contribution in [2.45, 2.75) is 20.4 Å². The minimum absolute atomic E-state index is 0.00601. The Kier molecular flexibility index (Phi) is 5.03. The lowest BCUT2D eigenvalue weighted by Gasteiger charge is -2.31. The first-order chi connectivity index (χ1) is 12.1. The van der Waals surface area contributed by atoms with Crippen LogP contribution < -0.4 is 9.64 Å². The molecule has 3 rings (SSSR count). The Bertz CT molecular complexity index is 774. The molecule has 0 unspecified atom stereocenters. The van der Waals surface area contributed by atoms with Gasteiger partial charge in [0.05, 0.1) is 12.2 Å². The molecule has 1 aliphatic rings. The molecule has 2 aromatic rings. The fraction of sp³-hybridized carbons (Fsp3) is 0.300. The van der Waals surface area contributed by atoms with Gasteiger partial charge in [0, 0.05) is 13.1 Å². The highest BCUT2D eigenvalue weighted by Crippen LogP contribution is 2.32. The van der Waals surface area contributed by atoms with Crippen LogP contribution in [-0.2, 0) is 16.1 Å². The van der Waals surface area contributed by atoms with E-state index in [9.17, 15) is 9.59 Å². The van der Waals surface area contributed by atoms with Crippen molar-refractivity contribution in [2.75, 3.05) is 24.5 Å². The number of benzene rings is 2. The van der Waals surface area contributed by atoms with Crippen LogP contribution >= 0.6 is 0 Å². The molecule has 130 valence electrons. The van der Waals surface area contributed by atoms with Crippen LogP contribution in [0.3, 0.4) is 0 Å². The molecule has 0 aliphatic carbocycles. The normalized spacial score (nSPS) is 13.2. The van der Waals surface area contributed by atoms with E-state index in [0.29, 0.717) is 18.8 Å². The van der Waals surface area contributed by atoms with E-state index in [1.807, 2.05) is 56.3 Å². The Balaban J connectivity index is 1.75. The molecular weight excluding hydrogens is 316 g/mol. The van der Waals surface area contributed by atoms with Crippen molar-refractivity contribution in [2.24, 2.45) is 0 Å². The molecule has 0 fully saturated rings. The van der Waals surface area contributed by atoms with Gasteiger partial charge in [-0.05, 0) is 37.1 Å². The van der Waals surface area contributed by atoms with Gasteiger partial charge in [-0.3, -0.25) is 4.79 Å². The van der Waals surface area contributed by atoms with Crippen LogP contribution in [0.2, 0.25) is 0 Å². The molecule has 0 atom stereocenters. The third-order valence-corrected chi connectivity index (χ3v) is 4.28. The van der Waals surface area contributed by atoms with Crippen molar-refractivity contribution in [3.63, 3.8) is 0 Å². The third kappa shape index (κ3) is 3.99. The molecule has 0 radical (unpaired) electrons. The van der Waals surface area contributed by atoms with Gasteiger partial charge in [-0.1, -0.05) is 36.4 Å². The summed E-state index contributed by atoms with van der Waals surface area (Å²) in [6.07, 6.45) is 0. The zero-order valence-corrected chi connectivity index (χ0v) is 14.6. The quantitative estimate of drug-likeness (QED) is 0.621. The molecular formula is C20H22N2O3. The van der Waals surface area contributed by atoms with E-state index in [0.717, 1.165) is 16.8 Å². The summed E-state index contributed by atoms with van der Waals surface area (Å²) in [4.78, 5) is 28.2. The number of carbonyl (C=O) groups excluding carboxylic acids is 2. The van der Waals surface area contributed by atoms with E-state index in [1.165, 1.54) is 0 Å². The van der Waals surface area contributed by atoms with E-state index in [-0.39, 0.29) is 25.0 Å². The maximum atomic E-state index is 12.8. The van der Waals surface area contributed by atoms with Crippen LogP contribution in [0.1, 0.15) is 18.1 Å². The summed E-state index contributed by atoms with van der Waals surface area (Å²) in [6, 6.07) is 15.5. The third-order valence-electron chi connectivity index (χ3n) is 4.28. The highest BCUT2D eigenvalue weighted by atomic mass is 16.5. The molecule has 0 bridgehead atoms. The second kappa shape index (κ2) is 7.38. The molecule has 2 aromatic carbocycles. The number of ether oxygens (including phenoxy) is 1. The van der Waals surface area contributed by atoms with Gasteiger partial charge in [0.2, 0.25) is 5.91 Å². The maximum Gasteiger partial charge on any atom is 0.331 e. The lowest BCUT2D eigenvalue weighted by molar-refractivity contribution is -0.133. The molecule has 0 aromatic heterocycles. The van der Waals surface area contributed by atoms with Crippen molar-refractivity contribution in [1.82, 2.24) is 4.90 Å². The van der Waals surface area contributed by atoms with E-state index in [1.54, 1.807) is 15.9 Å². The average Bonchev–Trinajstić information content (AvgIpc) is 2.61. The van der Waals surface area contributed by atoms with Gasteiger partial charge in [-0.15, -0.1) is 0 Å². The smallest absolute Gasteiger partial charge is 0.331 e. The van der Waals surface area contributed by atoms with Crippen LogP contribution in [0.15, 0.2) is 48.5 Å². The van der Waals surface area contributed by atoms with Gasteiger partial charge >= 0.3 is 5.97 Å². The molecule has 5 nitrogen and oxygen atoms in total. The predicted octanol–water partition coefficient (Wildman–Crippen LogP) is 2.77. The minimum Gasteiger partial charge on any atom is -0.423 e. The fourth-order valence-electron chi connectivity index (χ4n) is 2.94. The summed E-state index contributed by atoms with van der Waals surface area (Å²) in [7, 11) is 0. The summed E-state index contributed by atoms with van der Waals surface area (Å²) in [5.74, 6) is 0.171. The molecule has 0 saturated carbocycles. The first-order valence-corrected chi connectivity index (χ1v) is 8.45. The van der Waals surface area contributed by atoms with Crippen molar-refractivity contribution < 1.29 is 14.3 Å². The molecule has 5 heteroatoms. The Morgan fingerprint density at radius 3 is 2.68 bits per heavy atom. The number of aryl methyl sites for hydroxylation is 1. The molecule has 25 heavy (non-hydrogen) atoms. The number of nitrogens with zero attached hydrogens (tertiary/aromatic N) is 2. The SMILES string of the molecule is CCN(Cc1ccccc1)C(=O)CN1CC(=O)Oc2ccc(C)cc21. The molecule has 0 spiro atoms. The predicted molar refractivity (Wildman–Crippen MR) is 96.6 cm³/mol. The number of esters is 1. The minimum atomic E-state index is -0.338. The largest absolute Gasteiger partial charge is 0.423 e. The second-order valence-electron chi connectivity index (χ2n) is 6.19. The van der Waals surface area contributed by atoms with E-state index in [4.69, 9.17) is 4.74 Å². The Morgan fingerprint density at radius 2 is 1.96 bits per heavy atom. The molecule has 1 heterocycles. The van der Waals surface area contributed by atoms with Gasteiger partial charge in [0.15, 0.2) is 5.75 Å². The van der Waals surface area contributed by atoms with Crippen molar-refractivity contribution >= 4 is 17.6 Å². The highest BCUT2D eigenvalue weighted by Gasteiger charge is 2.27. The van der Waals surface area contributed by atoms with Gasteiger partial charge < -0.3 is 14.5 Å². The number of fused-ring (bicyclic) bond motifs is 1. The number of rotatable bonds is 5. The molecule has 1 amide bonds. The zero-order chi connectivity index (χ0) is 17.8. The zero-order valence-electron chi connectivity index (χ0n) is 14.6. The summed E-state index contributed by atoms with van der Waals surface area (Å²) in [6.45, 7) is 5.37. The van der Waals surface area contributed by atoms with Gasteiger partial charge in [-0.25, -0.2) is 4.79 Å². The number of amides is 1. The summed E-state index contributed by atoms with van der Waals surface area (Å²) >= 11 is 0. The molecule has 1 aliphatic heterocycles. The number of anilines is 1.